The minimum Gasteiger partial charge on any atom is -0.350 e. The molecule has 156 valence electrons. The molecule has 0 radical (unpaired) electrons. The zero-order valence-electron chi connectivity index (χ0n) is 16.2. The van der Waals surface area contributed by atoms with Gasteiger partial charge in [-0.2, -0.15) is 4.98 Å². The first-order valence-electron chi connectivity index (χ1n) is 9.08. The highest BCUT2D eigenvalue weighted by Gasteiger charge is 2.21. The van der Waals surface area contributed by atoms with Crippen LogP contribution >= 0.6 is 0 Å². The second-order valence-electron chi connectivity index (χ2n) is 6.47. The Bertz CT molecular complexity index is 1140. The standard InChI is InChI=1S/C20H20N4O5S/c1-14-6-5-7-15(12-14)18(25)21-10-11-22-19(26)20-23-17(24-29-20)13-30(27,28)16-8-3-2-4-9-16/h2-9,12H,10-11,13H2,1H3,(H,21,25)(H,22,26). The number of hydrogen-bond donors (Lipinski definition) is 2. The fourth-order valence-electron chi connectivity index (χ4n) is 2.60. The van der Waals surface area contributed by atoms with Crippen molar-refractivity contribution in [2.45, 2.75) is 17.6 Å². The van der Waals surface area contributed by atoms with Gasteiger partial charge in [0.2, 0.25) is 0 Å². The molecule has 30 heavy (non-hydrogen) atoms. The Hall–Kier alpha value is -3.53. The molecule has 0 saturated heterocycles. The van der Waals surface area contributed by atoms with E-state index in [-0.39, 0.29) is 35.6 Å². The number of amides is 2. The Morgan fingerprint density at radius 2 is 1.67 bits per heavy atom. The zero-order valence-corrected chi connectivity index (χ0v) is 17.0. The number of nitrogens with zero attached hydrogens (tertiary/aromatic N) is 2. The Labute approximate surface area is 173 Å². The molecule has 10 heteroatoms. The summed E-state index contributed by atoms with van der Waals surface area (Å²) in [4.78, 5) is 28.1. The van der Waals surface area contributed by atoms with E-state index >= 15 is 0 Å². The van der Waals surface area contributed by atoms with Crippen LogP contribution in [0.4, 0.5) is 0 Å². The van der Waals surface area contributed by atoms with Crippen LogP contribution in [0.1, 0.15) is 32.4 Å². The molecule has 2 aromatic carbocycles. The summed E-state index contributed by atoms with van der Waals surface area (Å²) >= 11 is 0. The summed E-state index contributed by atoms with van der Waals surface area (Å²) in [5.41, 5.74) is 1.50. The number of rotatable bonds is 8. The van der Waals surface area contributed by atoms with Crippen LogP contribution < -0.4 is 10.6 Å². The molecule has 2 N–H and O–H groups in total. The number of nitrogens with one attached hydrogen (secondary N) is 2. The van der Waals surface area contributed by atoms with E-state index in [2.05, 4.69) is 20.8 Å². The SMILES string of the molecule is Cc1cccc(C(=O)NCCNC(=O)c2nc(CS(=O)(=O)c3ccccc3)no2)c1. The maximum atomic E-state index is 12.3. The quantitative estimate of drug-likeness (QED) is 0.520. The normalized spacial score (nSPS) is 11.1. The lowest BCUT2D eigenvalue weighted by molar-refractivity contribution is 0.0898. The average molecular weight is 428 g/mol. The molecular weight excluding hydrogens is 408 g/mol. The molecule has 2 amide bonds. The minimum atomic E-state index is -3.65. The predicted octanol–water partition coefficient (Wildman–Crippen LogP) is 1.51. The van der Waals surface area contributed by atoms with Crippen LogP contribution in [0.2, 0.25) is 0 Å². The number of aromatic nitrogens is 2. The van der Waals surface area contributed by atoms with Gasteiger partial charge in [0.1, 0.15) is 5.75 Å². The lowest BCUT2D eigenvalue weighted by Gasteiger charge is -2.06. The summed E-state index contributed by atoms with van der Waals surface area (Å²) in [7, 11) is -3.65. The molecule has 0 spiro atoms. The first-order chi connectivity index (χ1) is 14.3. The molecule has 0 unspecified atom stereocenters. The second-order valence-corrected chi connectivity index (χ2v) is 8.46. The van der Waals surface area contributed by atoms with E-state index < -0.39 is 21.5 Å². The van der Waals surface area contributed by atoms with E-state index in [4.69, 9.17) is 4.52 Å². The van der Waals surface area contributed by atoms with Crippen LogP contribution in [0.5, 0.6) is 0 Å². The van der Waals surface area contributed by atoms with Crippen molar-refractivity contribution in [2.24, 2.45) is 0 Å². The maximum Gasteiger partial charge on any atom is 0.315 e. The van der Waals surface area contributed by atoms with Crippen LogP contribution in [-0.4, -0.2) is 43.5 Å². The van der Waals surface area contributed by atoms with E-state index in [9.17, 15) is 18.0 Å². The van der Waals surface area contributed by atoms with Crippen molar-refractivity contribution in [3.63, 3.8) is 0 Å². The number of carbonyl (C=O) groups excluding carboxylic acids is 2. The van der Waals surface area contributed by atoms with Crippen molar-refractivity contribution in [3.05, 3.63) is 77.4 Å². The number of aryl methyl sites for hydroxylation is 1. The van der Waals surface area contributed by atoms with Gasteiger partial charge in [0.15, 0.2) is 15.7 Å². The van der Waals surface area contributed by atoms with E-state index in [0.29, 0.717) is 5.56 Å². The fraction of sp³-hybridized carbons (Fsp3) is 0.200. The molecule has 1 heterocycles. The van der Waals surface area contributed by atoms with Gasteiger partial charge in [-0.25, -0.2) is 8.42 Å². The summed E-state index contributed by atoms with van der Waals surface area (Å²) in [6, 6.07) is 15.0. The van der Waals surface area contributed by atoms with Gasteiger partial charge in [-0.15, -0.1) is 0 Å². The molecule has 9 nitrogen and oxygen atoms in total. The summed E-state index contributed by atoms with van der Waals surface area (Å²) < 4.78 is 29.5. The first kappa shape index (κ1) is 21.2. The van der Waals surface area contributed by atoms with Gasteiger partial charge in [0.05, 0.1) is 4.90 Å². The zero-order chi connectivity index (χ0) is 21.6. The molecule has 0 bridgehead atoms. The van der Waals surface area contributed by atoms with Gasteiger partial charge < -0.3 is 15.2 Å². The van der Waals surface area contributed by atoms with Gasteiger partial charge in [-0.1, -0.05) is 41.1 Å². The molecule has 3 rings (SSSR count). The van der Waals surface area contributed by atoms with Crippen molar-refractivity contribution >= 4 is 21.7 Å². The molecular formula is C20H20N4O5S. The smallest absolute Gasteiger partial charge is 0.315 e. The van der Waals surface area contributed by atoms with Gasteiger partial charge in [0.25, 0.3) is 5.91 Å². The van der Waals surface area contributed by atoms with E-state index in [1.165, 1.54) is 12.1 Å². The molecule has 0 atom stereocenters. The number of carbonyl (C=O) groups is 2. The minimum absolute atomic E-state index is 0.114. The van der Waals surface area contributed by atoms with Crippen molar-refractivity contribution in [1.82, 2.24) is 20.8 Å². The predicted molar refractivity (Wildman–Crippen MR) is 107 cm³/mol. The molecule has 1 aromatic heterocycles. The van der Waals surface area contributed by atoms with Gasteiger partial charge >= 0.3 is 11.8 Å². The monoisotopic (exact) mass is 428 g/mol. The van der Waals surface area contributed by atoms with Crippen LogP contribution in [0.3, 0.4) is 0 Å². The summed E-state index contributed by atoms with van der Waals surface area (Å²) in [6.45, 7) is 2.22. The topological polar surface area (TPSA) is 131 Å². The maximum absolute atomic E-state index is 12.3. The number of sulfone groups is 1. The first-order valence-corrected chi connectivity index (χ1v) is 10.7. The molecule has 0 aliphatic heterocycles. The summed E-state index contributed by atoms with van der Waals surface area (Å²) in [5.74, 6) is -1.86. The van der Waals surface area contributed by atoms with Crippen molar-refractivity contribution < 1.29 is 22.5 Å². The third-order valence-electron chi connectivity index (χ3n) is 4.06. The third-order valence-corrected chi connectivity index (χ3v) is 5.69. The Kier molecular flexibility index (Phi) is 6.58. The summed E-state index contributed by atoms with van der Waals surface area (Å²) in [5, 5.41) is 8.77. The van der Waals surface area contributed by atoms with Gasteiger partial charge in [0, 0.05) is 18.7 Å². The Morgan fingerprint density at radius 1 is 0.967 bits per heavy atom. The van der Waals surface area contributed by atoms with Crippen molar-refractivity contribution in [1.29, 1.82) is 0 Å². The number of benzene rings is 2. The Morgan fingerprint density at radius 3 is 2.37 bits per heavy atom. The molecule has 0 aliphatic rings. The van der Waals surface area contributed by atoms with Gasteiger partial charge in [-0.05, 0) is 31.2 Å². The molecule has 0 saturated carbocycles. The average Bonchev–Trinajstić information content (AvgIpc) is 3.19. The van der Waals surface area contributed by atoms with Crippen molar-refractivity contribution in [3.8, 4) is 0 Å². The van der Waals surface area contributed by atoms with Crippen molar-refractivity contribution in [2.75, 3.05) is 13.1 Å². The highest BCUT2D eigenvalue weighted by Crippen LogP contribution is 2.14. The lowest BCUT2D eigenvalue weighted by Crippen LogP contribution is -2.34. The van der Waals surface area contributed by atoms with Gasteiger partial charge in [-0.3, -0.25) is 9.59 Å². The number of hydrogen-bond acceptors (Lipinski definition) is 7. The van der Waals surface area contributed by atoms with E-state index in [1.54, 1.807) is 36.4 Å². The summed E-state index contributed by atoms with van der Waals surface area (Å²) in [6.07, 6.45) is 0. The largest absolute Gasteiger partial charge is 0.350 e. The van der Waals surface area contributed by atoms with E-state index in [1.807, 2.05) is 13.0 Å². The molecule has 0 aliphatic carbocycles. The van der Waals surface area contributed by atoms with Crippen LogP contribution in [0, 0.1) is 6.92 Å². The second kappa shape index (κ2) is 9.31. The third kappa shape index (κ3) is 5.51. The molecule has 3 aromatic rings. The highest BCUT2D eigenvalue weighted by atomic mass is 32.2. The van der Waals surface area contributed by atoms with Crippen LogP contribution in [0.15, 0.2) is 64.0 Å². The van der Waals surface area contributed by atoms with Crippen LogP contribution in [0.25, 0.3) is 0 Å². The lowest BCUT2D eigenvalue weighted by atomic mass is 10.1. The highest BCUT2D eigenvalue weighted by molar-refractivity contribution is 7.90. The molecule has 0 fully saturated rings. The Balaban J connectivity index is 1.49. The van der Waals surface area contributed by atoms with Crippen LogP contribution in [-0.2, 0) is 15.6 Å². The fourth-order valence-corrected chi connectivity index (χ4v) is 3.80. The van der Waals surface area contributed by atoms with E-state index in [0.717, 1.165) is 5.56 Å².